The van der Waals surface area contributed by atoms with Gasteiger partial charge in [-0.3, -0.25) is 0 Å². The van der Waals surface area contributed by atoms with Crippen molar-refractivity contribution in [3.05, 3.63) is 89.5 Å². The summed E-state index contributed by atoms with van der Waals surface area (Å²) in [5, 5.41) is 19.8. The molecule has 0 aliphatic heterocycles. The van der Waals surface area contributed by atoms with Crippen LogP contribution in [0.15, 0.2) is 72.8 Å². The fourth-order valence-corrected chi connectivity index (χ4v) is 4.33. The van der Waals surface area contributed by atoms with E-state index in [1.807, 2.05) is 66.7 Å². The molecule has 4 aromatic carbocycles. The molecule has 27 heavy (non-hydrogen) atoms. The van der Waals surface area contributed by atoms with Crippen LogP contribution >= 0.6 is 0 Å². The van der Waals surface area contributed by atoms with Gasteiger partial charge in [-0.25, -0.2) is 13.6 Å². The summed E-state index contributed by atoms with van der Waals surface area (Å²) in [5.74, 6) is -0.0400. The summed E-state index contributed by atoms with van der Waals surface area (Å²) in [6.07, 6.45) is 0.416. The molecule has 0 bridgehead atoms. The molecule has 0 aromatic heterocycles. The van der Waals surface area contributed by atoms with Crippen LogP contribution in [0.2, 0.25) is 0 Å². The highest BCUT2D eigenvalue weighted by molar-refractivity contribution is 7.88. The summed E-state index contributed by atoms with van der Waals surface area (Å²) >= 11 is 0. The first-order valence-corrected chi connectivity index (χ1v) is 10.3. The number of phenols is 1. The van der Waals surface area contributed by atoms with Crippen LogP contribution in [0, 0.1) is 0 Å². The lowest BCUT2D eigenvalue weighted by Gasteiger charge is -2.15. The van der Waals surface area contributed by atoms with Gasteiger partial charge in [-0.1, -0.05) is 66.7 Å². The number of rotatable bonds is 4. The van der Waals surface area contributed by atoms with E-state index >= 15 is 0 Å². The van der Waals surface area contributed by atoms with Crippen molar-refractivity contribution in [2.75, 3.05) is 0 Å². The highest BCUT2D eigenvalue weighted by atomic mass is 32.2. The molecule has 0 amide bonds. The molecule has 0 saturated heterocycles. The Hall–Kier alpha value is -2.89. The third-order valence-electron chi connectivity index (χ3n) is 4.86. The molecule has 4 nitrogen and oxygen atoms in total. The zero-order valence-electron chi connectivity index (χ0n) is 14.6. The Kier molecular flexibility index (Phi) is 4.34. The normalized spacial score (nSPS) is 11.9. The van der Waals surface area contributed by atoms with Crippen molar-refractivity contribution in [2.24, 2.45) is 5.14 Å². The van der Waals surface area contributed by atoms with Crippen molar-refractivity contribution in [1.29, 1.82) is 0 Å². The summed E-state index contributed by atoms with van der Waals surface area (Å²) in [4.78, 5) is 0. The van der Waals surface area contributed by atoms with Gasteiger partial charge >= 0.3 is 0 Å². The summed E-state index contributed by atoms with van der Waals surface area (Å²) in [6.45, 7) is 0. The van der Waals surface area contributed by atoms with Crippen LogP contribution in [0.1, 0.15) is 16.7 Å². The standard InChI is InChI=1S/C22H19NO3S/c23-27(25,26)14-17-10-9-15-5-1-3-7-18(15)20(17)13-21-19-8-4-2-6-16(19)11-12-22(21)24/h1-12,24H,13-14H2,(H2,23,25,26). The molecule has 0 radical (unpaired) electrons. The molecular formula is C22H19NO3S. The highest BCUT2D eigenvalue weighted by Gasteiger charge is 2.16. The monoisotopic (exact) mass is 377 g/mol. The van der Waals surface area contributed by atoms with E-state index in [2.05, 4.69) is 0 Å². The first-order valence-electron chi connectivity index (χ1n) is 8.62. The van der Waals surface area contributed by atoms with E-state index < -0.39 is 10.0 Å². The van der Waals surface area contributed by atoms with Crippen molar-refractivity contribution in [3.8, 4) is 5.75 Å². The van der Waals surface area contributed by atoms with E-state index in [9.17, 15) is 13.5 Å². The molecular weight excluding hydrogens is 358 g/mol. The second-order valence-electron chi connectivity index (χ2n) is 6.69. The van der Waals surface area contributed by atoms with Gasteiger partial charge in [-0.2, -0.15) is 0 Å². The van der Waals surface area contributed by atoms with Crippen molar-refractivity contribution in [2.45, 2.75) is 12.2 Å². The van der Waals surface area contributed by atoms with E-state index in [1.165, 1.54) is 0 Å². The summed E-state index contributed by atoms with van der Waals surface area (Å²) < 4.78 is 23.5. The number of hydrogen-bond donors (Lipinski definition) is 2. The summed E-state index contributed by atoms with van der Waals surface area (Å²) in [7, 11) is -3.68. The number of benzene rings is 4. The van der Waals surface area contributed by atoms with Crippen molar-refractivity contribution in [3.63, 3.8) is 0 Å². The lowest BCUT2D eigenvalue weighted by atomic mass is 9.91. The number of nitrogens with two attached hydrogens (primary N) is 1. The lowest BCUT2D eigenvalue weighted by Crippen LogP contribution is -2.16. The largest absolute Gasteiger partial charge is 0.508 e. The molecule has 0 fully saturated rings. The molecule has 4 aromatic rings. The van der Waals surface area contributed by atoms with Gasteiger partial charge < -0.3 is 5.11 Å². The van der Waals surface area contributed by atoms with E-state index in [-0.39, 0.29) is 11.5 Å². The van der Waals surface area contributed by atoms with Gasteiger partial charge in [0.05, 0.1) is 5.75 Å². The van der Waals surface area contributed by atoms with E-state index in [4.69, 9.17) is 5.14 Å². The predicted molar refractivity (Wildman–Crippen MR) is 109 cm³/mol. The van der Waals surface area contributed by atoms with E-state index in [0.29, 0.717) is 12.0 Å². The average Bonchev–Trinajstić information content (AvgIpc) is 2.64. The zero-order chi connectivity index (χ0) is 19.0. The second kappa shape index (κ2) is 6.68. The second-order valence-corrected chi connectivity index (χ2v) is 8.31. The first kappa shape index (κ1) is 17.5. The van der Waals surface area contributed by atoms with Crippen LogP contribution < -0.4 is 5.14 Å². The Morgan fingerprint density at radius 2 is 1.30 bits per heavy atom. The summed E-state index contributed by atoms with van der Waals surface area (Å²) in [6, 6.07) is 22.9. The molecule has 0 spiro atoms. The van der Waals surface area contributed by atoms with Crippen LogP contribution in [-0.2, 0) is 22.2 Å². The number of hydrogen-bond acceptors (Lipinski definition) is 3. The van der Waals surface area contributed by atoms with Crippen molar-refractivity contribution >= 4 is 31.6 Å². The Morgan fingerprint density at radius 1 is 0.741 bits per heavy atom. The van der Waals surface area contributed by atoms with Gasteiger partial charge in [-0.05, 0) is 38.7 Å². The molecule has 0 aliphatic carbocycles. The average molecular weight is 377 g/mol. The van der Waals surface area contributed by atoms with Crippen LogP contribution in [0.5, 0.6) is 5.75 Å². The van der Waals surface area contributed by atoms with E-state index in [0.717, 1.165) is 32.7 Å². The quantitative estimate of drug-likeness (QED) is 0.562. The topological polar surface area (TPSA) is 80.4 Å². The minimum absolute atomic E-state index is 0.197. The third-order valence-corrected chi connectivity index (χ3v) is 5.58. The maximum Gasteiger partial charge on any atom is 0.213 e. The maximum atomic E-state index is 11.7. The first-order chi connectivity index (χ1) is 12.9. The van der Waals surface area contributed by atoms with Gasteiger partial charge in [-0.15, -0.1) is 0 Å². The molecule has 5 heteroatoms. The number of primary sulfonamides is 1. The molecule has 136 valence electrons. The van der Waals surface area contributed by atoms with Crippen LogP contribution in [0.4, 0.5) is 0 Å². The molecule has 4 rings (SSSR count). The predicted octanol–water partition coefficient (Wildman–Crippen LogP) is 4.08. The maximum absolute atomic E-state index is 11.7. The zero-order valence-corrected chi connectivity index (χ0v) is 15.4. The van der Waals surface area contributed by atoms with Gasteiger partial charge in [0.1, 0.15) is 5.75 Å². The van der Waals surface area contributed by atoms with E-state index in [1.54, 1.807) is 6.07 Å². The number of aromatic hydroxyl groups is 1. The minimum atomic E-state index is -3.68. The van der Waals surface area contributed by atoms with Crippen LogP contribution in [0.3, 0.4) is 0 Å². The fourth-order valence-electron chi connectivity index (χ4n) is 3.63. The molecule has 0 heterocycles. The van der Waals surface area contributed by atoms with Gasteiger partial charge in [0.15, 0.2) is 0 Å². The summed E-state index contributed by atoms with van der Waals surface area (Å²) in [5.41, 5.74) is 2.30. The van der Waals surface area contributed by atoms with Gasteiger partial charge in [0.2, 0.25) is 10.0 Å². The van der Waals surface area contributed by atoms with Gasteiger partial charge in [0, 0.05) is 12.0 Å². The number of sulfonamides is 1. The van der Waals surface area contributed by atoms with Crippen molar-refractivity contribution in [1.82, 2.24) is 0 Å². The SMILES string of the molecule is NS(=O)(=O)Cc1ccc2ccccc2c1Cc1c(O)ccc2ccccc12. The lowest BCUT2D eigenvalue weighted by molar-refractivity contribution is 0.470. The minimum Gasteiger partial charge on any atom is -0.508 e. The third kappa shape index (κ3) is 3.52. The molecule has 0 aliphatic rings. The fraction of sp³-hybridized carbons (Fsp3) is 0.0909. The molecule has 0 saturated carbocycles. The number of fused-ring (bicyclic) bond motifs is 2. The Bertz CT molecular complexity index is 1260. The molecule has 3 N–H and O–H groups in total. The number of phenolic OH excluding ortho intramolecular Hbond substituents is 1. The van der Waals surface area contributed by atoms with Gasteiger partial charge in [0.25, 0.3) is 0 Å². The molecule has 0 unspecified atom stereocenters. The highest BCUT2D eigenvalue weighted by Crippen LogP contribution is 2.33. The Labute approximate surface area is 157 Å². The Morgan fingerprint density at radius 3 is 1.93 bits per heavy atom. The Balaban J connectivity index is 1.96. The molecule has 0 atom stereocenters. The van der Waals surface area contributed by atoms with Crippen LogP contribution in [-0.4, -0.2) is 13.5 Å². The van der Waals surface area contributed by atoms with Crippen LogP contribution in [0.25, 0.3) is 21.5 Å². The van der Waals surface area contributed by atoms with Crippen molar-refractivity contribution < 1.29 is 13.5 Å². The smallest absolute Gasteiger partial charge is 0.213 e.